The quantitative estimate of drug-likeness (QED) is 0.914. The molecule has 2 rings (SSSR count). The van der Waals surface area contributed by atoms with Crippen LogP contribution in [0.15, 0.2) is 18.3 Å². The normalized spacial score (nSPS) is 23.3. The predicted molar refractivity (Wildman–Crippen MR) is 83.3 cm³/mol. The number of nitrogens with one attached hydrogen (secondary N) is 1. The first-order valence-corrected chi connectivity index (χ1v) is 7.54. The van der Waals surface area contributed by atoms with E-state index in [1.807, 2.05) is 6.20 Å². The number of hydrogen-bond acceptors (Lipinski definition) is 3. The van der Waals surface area contributed by atoms with E-state index in [1.165, 1.54) is 5.56 Å². The first-order valence-electron chi connectivity index (χ1n) is 7.54. The first kappa shape index (κ1) is 15.3. The van der Waals surface area contributed by atoms with Crippen LogP contribution in [-0.4, -0.2) is 22.7 Å². The van der Waals surface area contributed by atoms with Crippen LogP contribution in [-0.2, 0) is 5.41 Å². The molecular formula is C17H28N2O. The minimum absolute atomic E-state index is 0.136. The molecule has 1 aromatic rings. The van der Waals surface area contributed by atoms with E-state index in [-0.39, 0.29) is 11.0 Å². The summed E-state index contributed by atoms with van der Waals surface area (Å²) in [6, 6.07) is 4.72. The Morgan fingerprint density at radius 1 is 1.15 bits per heavy atom. The highest BCUT2D eigenvalue weighted by Crippen LogP contribution is 2.29. The summed E-state index contributed by atoms with van der Waals surface area (Å²) in [6.45, 7) is 13.2. The lowest BCUT2D eigenvalue weighted by molar-refractivity contribution is 0.0693. The molecule has 0 spiro atoms. The maximum Gasteiger partial charge on any atom is 0.213 e. The molecule has 3 heteroatoms. The van der Waals surface area contributed by atoms with Crippen molar-refractivity contribution in [1.82, 2.24) is 10.3 Å². The molecule has 0 saturated heterocycles. The van der Waals surface area contributed by atoms with Crippen LogP contribution in [0.4, 0.5) is 0 Å². The predicted octanol–water partition coefficient (Wildman–Crippen LogP) is 3.68. The van der Waals surface area contributed by atoms with E-state index >= 15 is 0 Å². The lowest BCUT2D eigenvalue weighted by Gasteiger charge is -2.39. The Bertz CT molecular complexity index is 451. The molecule has 3 nitrogen and oxygen atoms in total. The van der Waals surface area contributed by atoms with E-state index in [4.69, 9.17) is 4.74 Å². The van der Waals surface area contributed by atoms with Gasteiger partial charge in [0.05, 0.1) is 0 Å². The molecule has 0 aliphatic heterocycles. The Balaban J connectivity index is 1.87. The van der Waals surface area contributed by atoms with Crippen LogP contribution < -0.4 is 10.1 Å². The maximum atomic E-state index is 5.98. The highest BCUT2D eigenvalue weighted by Gasteiger charge is 2.33. The molecule has 112 valence electrons. The van der Waals surface area contributed by atoms with Gasteiger partial charge in [-0.25, -0.2) is 4.98 Å². The van der Waals surface area contributed by atoms with E-state index < -0.39 is 0 Å². The molecule has 0 aromatic carbocycles. The monoisotopic (exact) mass is 276 g/mol. The summed E-state index contributed by atoms with van der Waals surface area (Å²) < 4.78 is 5.98. The lowest BCUT2D eigenvalue weighted by atomic mass is 9.87. The van der Waals surface area contributed by atoms with Crippen molar-refractivity contribution in [2.45, 2.75) is 77.5 Å². The Labute approximate surface area is 123 Å². The average molecular weight is 276 g/mol. The van der Waals surface area contributed by atoms with Gasteiger partial charge in [-0.15, -0.1) is 0 Å². The van der Waals surface area contributed by atoms with Gasteiger partial charge in [0.1, 0.15) is 6.10 Å². The van der Waals surface area contributed by atoms with Gasteiger partial charge in [-0.05, 0) is 50.7 Å². The molecule has 1 heterocycles. The molecule has 0 atom stereocenters. The van der Waals surface area contributed by atoms with Gasteiger partial charge in [0.15, 0.2) is 0 Å². The van der Waals surface area contributed by atoms with Crippen molar-refractivity contribution in [3.63, 3.8) is 0 Å². The van der Waals surface area contributed by atoms with Gasteiger partial charge in [0, 0.05) is 23.8 Å². The van der Waals surface area contributed by atoms with Gasteiger partial charge in [-0.1, -0.05) is 20.8 Å². The van der Waals surface area contributed by atoms with E-state index in [1.54, 1.807) is 0 Å². The molecule has 0 amide bonds. The Hall–Kier alpha value is -1.09. The number of aromatic nitrogens is 1. The fraction of sp³-hybridized carbons (Fsp3) is 0.706. The topological polar surface area (TPSA) is 34.1 Å². The highest BCUT2D eigenvalue weighted by molar-refractivity contribution is 5.26. The van der Waals surface area contributed by atoms with Gasteiger partial charge in [-0.2, -0.15) is 0 Å². The molecule has 1 aromatic heterocycles. The van der Waals surface area contributed by atoms with E-state index in [9.17, 15) is 0 Å². The van der Waals surface area contributed by atoms with Crippen molar-refractivity contribution in [3.8, 4) is 5.88 Å². The smallest absolute Gasteiger partial charge is 0.213 e. The third kappa shape index (κ3) is 4.20. The molecule has 1 fully saturated rings. The molecule has 0 bridgehead atoms. The van der Waals surface area contributed by atoms with Gasteiger partial charge in [-0.3, -0.25) is 0 Å². The number of rotatable bonds is 3. The molecular weight excluding hydrogens is 248 g/mol. The van der Waals surface area contributed by atoms with Gasteiger partial charge in [0.25, 0.3) is 0 Å². The minimum atomic E-state index is 0.136. The Kier molecular flexibility index (Phi) is 4.10. The third-order valence-corrected chi connectivity index (χ3v) is 3.62. The Morgan fingerprint density at radius 3 is 2.35 bits per heavy atom. The molecule has 1 N–H and O–H groups in total. The molecule has 1 aliphatic rings. The third-order valence-electron chi connectivity index (χ3n) is 3.62. The number of nitrogens with zero attached hydrogens (tertiary/aromatic N) is 1. The number of hydrogen-bond donors (Lipinski definition) is 1. The lowest BCUT2D eigenvalue weighted by Crippen LogP contribution is -2.53. The van der Waals surface area contributed by atoms with Crippen LogP contribution in [0, 0.1) is 0 Å². The van der Waals surface area contributed by atoms with Crippen LogP contribution in [0.25, 0.3) is 0 Å². The summed E-state index contributed by atoms with van der Waals surface area (Å²) in [5.41, 5.74) is 1.59. The van der Waals surface area contributed by atoms with Crippen LogP contribution in [0.1, 0.15) is 59.9 Å². The van der Waals surface area contributed by atoms with Gasteiger partial charge < -0.3 is 10.1 Å². The summed E-state index contributed by atoms with van der Waals surface area (Å²) in [5, 5.41) is 3.61. The molecule has 1 aliphatic carbocycles. The van der Waals surface area contributed by atoms with Crippen molar-refractivity contribution < 1.29 is 4.74 Å². The van der Waals surface area contributed by atoms with Gasteiger partial charge in [0.2, 0.25) is 5.88 Å². The van der Waals surface area contributed by atoms with Gasteiger partial charge >= 0.3 is 0 Å². The zero-order valence-electron chi connectivity index (χ0n) is 13.7. The molecule has 0 unspecified atom stereocenters. The molecule has 0 radical (unpaired) electrons. The first-order chi connectivity index (χ1) is 9.13. The fourth-order valence-corrected chi connectivity index (χ4v) is 2.50. The molecule has 20 heavy (non-hydrogen) atoms. The van der Waals surface area contributed by atoms with E-state index in [2.05, 4.69) is 64.0 Å². The second-order valence-electron chi connectivity index (χ2n) is 7.94. The fourth-order valence-electron chi connectivity index (χ4n) is 2.50. The maximum absolute atomic E-state index is 5.98. The average Bonchev–Trinajstić information content (AvgIpc) is 2.23. The summed E-state index contributed by atoms with van der Waals surface area (Å²) in [7, 11) is 0. The van der Waals surface area contributed by atoms with Crippen molar-refractivity contribution in [1.29, 1.82) is 0 Å². The largest absolute Gasteiger partial charge is 0.474 e. The SMILES string of the molecule is CC(C)(C)N[C@H]1C[C@@H](Oc2cc(C(C)(C)C)ccn2)C1. The standard InChI is InChI=1S/C17H28N2O/c1-16(2,3)12-7-8-18-15(9-12)20-14-10-13(11-14)19-17(4,5)6/h7-9,13-14,19H,10-11H2,1-6H3/t13-,14+. The zero-order valence-corrected chi connectivity index (χ0v) is 13.7. The van der Waals surface area contributed by atoms with Crippen molar-refractivity contribution >= 4 is 0 Å². The Morgan fingerprint density at radius 2 is 1.80 bits per heavy atom. The second-order valence-corrected chi connectivity index (χ2v) is 7.94. The summed E-state index contributed by atoms with van der Waals surface area (Å²) >= 11 is 0. The van der Waals surface area contributed by atoms with E-state index in [0.29, 0.717) is 12.1 Å². The van der Waals surface area contributed by atoms with Crippen molar-refractivity contribution in [2.24, 2.45) is 0 Å². The van der Waals surface area contributed by atoms with Crippen LogP contribution >= 0.6 is 0 Å². The minimum Gasteiger partial charge on any atom is -0.474 e. The van der Waals surface area contributed by atoms with E-state index in [0.717, 1.165) is 18.7 Å². The van der Waals surface area contributed by atoms with Crippen molar-refractivity contribution in [3.05, 3.63) is 23.9 Å². The zero-order chi connectivity index (χ0) is 15.0. The number of pyridine rings is 1. The van der Waals surface area contributed by atoms with Crippen molar-refractivity contribution in [2.75, 3.05) is 0 Å². The second kappa shape index (κ2) is 5.36. The number of ether oxygens (including phenoxy) is 1. The summed E-state index contributed by atoms with van der Waals surface area (Å²) in [6.07, 6.45) is 4.29. The molecule has 1 saturated carbocycles. The van der Waals surface area contributed by atoms with Crippen LogP contribution in [0.5, 0.6) is 5.88 Å². The highest BCUT2D eigenvalue weighted by atomic mass is 16.5. The van der Waals surface area contributed by atoms with Crippen LogP contribution in [0.2, 0.25) is 0 Å². The summed E-state index contributed by atoms with van der Waals surface area (Å²) in [4.78, 5) is 4.33. The summed E-state index contributed by atoms with van der Waals surface area (Å²) in [5.74, 6) is 0.761. The van der Waals surface area contributed by atoms with Crippen LogP contribution in [0.3, 0.4) is 0 Å².